The van der Waals surface area contributed by atoms with Crippen LogP contribution in [0, 0.1) is 5.82 Å². The zero-order valence-corrected chi connectivity index (χ0v) is 8.49. The van der Waals surface area contributed by atoms with Gasteiger partial charge in [0.05, 0.1) is 13.3 Å². The van der Waals surface area contributed by atoms with Gasteiger partial charge in [-0.2, -0.15) is 5.10 Å². The summed E-state index contributed by atoms with van der Waals surface area (Å²) >= 11 is 0. The number of phenols is 1. The first-order chi connectivity index (χ1) is 7.63. The van der Waals surface area contributed by atoms with Crippen molar-refractivity contribution in [3.63, 3.8) is 0 Å². The van der Waals surface area contributed by atoms with Crippen LogP contribution in [0.1, 0.15) is 0 Å². The van der Waals surface area contributed by atoms with E-state index in [2.05, 4.69) is 10.2 Å². The predicted octanol–water partition coefficient (Wildman–Crippen LogP) is 1.51. The Morgan fingerprint density at radius 1 is 1.50 bits per heavy atom. The zero-order valence-electron chi connectivity index (χ0n) is 8.49. The van der Waals surface area contributed by atoms with Gasteiger partial charge in [0.2, 0.25) is 0 Å². The van der Waals surface area contributed by atoms with Crippen LogP contribution in [-0.2, 0) is 0 Å². The largest absolute Gasteiger partial charge is 0.502 e. The second-order valence-corrected chi connectivity index (χ2v) is 3.21. The highest BCUT2D eigenvalue weighted by Gasteiger charge is 2.13. The SMILES string of the molecule is COc1cc(-c2cn[nH]c2N)cc(F)c1O. The van der Waals surface area contributed by atoms with Gasteiger partial charge in [-0.15, -0.1) is 0 Å². The first-order valence-corrected chi connectivity index (χ1v) is 4.49. The number of benzene rings is 1. The molecule has 4 N–H and O–H groups in total. The van der Waals surface area contributed by atoms with E-state index in [0.717, 1.165) is 0 Å². The van der Waals surface area contributed by atoms with Crippen LogP contribution in [0.25, 0.3) is 11.1 Å². The summed E-state index contributed by atoms with van der Waals surface area (Å²) in [5.41, 5.74) is 6.65. The van der Waals surface area contributed by atoms with Crippen LogP contribution in [0.5, 0.6) is 11.5 Å². The molecule has 84 valence electrons. The number of hydrogen-bond acceptors (Lipinski definition) is 4. The molecule has 0 aliphatic carbocycles. The third kappa shape index (κ3) is 1.54. The molecule has 0 bridgehead atoms. The Bertz CT molecular complexity index is 525. The molecule has 0 amide bonds. The van der Waals surface area contributed by atoms with Crippen LogP contribution in [0.3, 0.4) is 0 Å². The molecule has 1 aromatic carbocycles. The van der Waals surface area contributed by atoms with E-state index in [1.807, 2.05) is 0 Å². The molecule has 0 spiro atoms. The van der Waals surface area contributed by atoms with E-state index < -0.39 is 11.6 Å². The average molecular weight is 223 g/mol. The highest BCUT2D eigenvalue weighted by Crippen LogP contribution is 2.35. The Morgan fingerprint density at radius 2 is 2.25 bits per heavy atom. The number of nitrogens with one attached hydrogen (secondary N) is 1. The summed E-state index contributed by atoms with van der Waals surface area (Å²) in [4.78, 5) is 0. The van der Waals surface area contributed by atoms with E-state index in [-0.39, 0.29) is 5.75 Å². The highest BCUT2D eigenvalue weighted by atomic mass is 19.1. The van der Waals surface area contributed by atoms with Gasteiger partial charge in [-0.25, -0.2) is 4.39 Å². The molecule has 0 fully saturated rings. The lowest BCUT2D eigenvalue weighted by Gasteiger charge is -2.07. The number of nitrogen functional groups attached to an aromatic ring is 1. The number of ether oxygens (including phenoxy) is 1. The lowest BCUT2D eigenvalue weighted by atomic mass is 10.1. The Morgan fingerprint density at radius 3 is 2.81 bits per heavy atom. The van der Waals surface area contributed by atoms with Crippen LogP contribution in [0.2, 0.25) is 0 Å². The molecule has 1 aromatic heterocycles. The molecule has 1 heterocycles. The number of H-pyrrole nitrogens is 1. The molecule has 6 heteroatoms. The third-order valence-electron chi connectivity index (χ3n) is 2.23. The molecular weight excluding hydrogens is 213 g/mol. The second kappa shape index (κ2) is 3.73. The van der Waals surface area contributed by atoms with Gasteiger partial charge in [-0.05, 0) is 17.7 Å². The van der Waals surface area contributed by atoms with Crippen molar-refractivity contribution >= 4 is 5.82 Å². The normalized spacial score (nSPS) is 10.4. The van der Waals surface area contributed by atoms with Gasteiger partial charge in [0.1, 0.15) is 5.82 Å². The molecule has 0 saturated carbocycles. The second-order valence-electron chi connectivity index (χ2n) is 3.21. The van der Waals surface area contributed by atoms with Crippen molar-refractivity contribution in [1.82, 2.24) is 10.2 Å². The summed E-state index contributed by atoms with van der Waals surface area (Å²) in [5.74, 6) is -0.911. The van der Waals surface area contributed by atoms with Crippen molar-refractivity contribution in [2.24, 2.45) is 0 Å². The molecule has 0 unspecified atom stereocenters. The third-order valence-corrected chi connectivity index (χ3v) is 2.23. The molecule has 0 aliphatic heterocycles. The number of methoxy groups -OCH3 is 1. The van der Waals surface area contributed by atoms with Gasteiger partial charge in [-0.3, -0.25) is 5.10 Å². The zero-order chi connectivity index (χ0) is 11.7. The van der Waals surface area contributed by atoms with E-state index in [1.165, 1.54) is 25.4 Å². The molecule has 16 heavy (non-hydrogen) atoms. The maximum atomic E-state index is 13.3. The smallest absolute Gasteiger partial charge is 0.194 e. The first kappa shape index (κ1) is 10.3. The first-order valence-electron chi connectivity index (χ1n) is 4.49. The summed E-state index contributed by atoms with van der Waals surface area (Å²) in [6, 6.07) is 2.65. The van der Waals surface area contributed by atoms with Crippen molar-refractivity contribution in [2.45, 2.75) is 0 Å². The number of phenolic OH excluding ortho intramolecular Hbond substituents is 1. The van der Waals surface area contributed by atoms with E-state index in [9.17, 15) is 9.50 Å². The number of nitrogens with zero attached hydrogens (tertiary/aromatic N) is 1. The maximum absolute atomic E-state index is 13.3. The maximum Gasteiger partial charge on any atom is 0.194 e. The van der Waals surface area contributed by atoms with Crippen LogP contribution in [0.15, 0.2) is 18.3 Å². The van der Waals surface area contributed by atoms with Crippen LogP contribution in [-0.4, -0.2) is 22.4 Å². The summed E-state index contributed by atoms with van der Waals surface area (Å²) in [6.07, 6.45) is 1.47. The molecule has 2 rings (SSSR count). The van der Waals surface area contributed by atoms with E-state index >= 15 is 0 Å². The number of aromatic hydroxyl groups is 1. The van der Waals surface area contributed by atoms with Gasteiger partial charge in [0.15, 0.2) is 17.3 Å². The fourth-order valence-corrected chi connectivity index (χ4v) is 1.41. The summed E-state index contributed by atoms with van der Waals surface area (Å²) in [5, 5.41) is 15.6. The van der Waals surface area contributed by atoms with Crippen molar-refractivity contribution < 1.29 is 14.2 Å². The number of hydrogen-bond donors (Lipinski definition) is 3. The average Bonchev–Trinajstić information content (AvgIpc) is 2.68. The van der Waals surface area contributed by atoms with E-state index in [4.69, 9.17) is 10.5 Å². The Labute approximate surface area is 90.7 Å². The molecular formula is C10H10FN3O2. The lowest BCUT2D eigenvalue weighted by molar-refractivity contribution is 0.357. The molecule has 2 aromatic rings. The number of aromatic nitrogens is 2. The summed E-state index contributed by atoms with van der Waals surface area (Å²) in [7, 11) is 1.34. The van der Waals surface area contributed by atoms with E-state index in [0.29, 0.717) is 16.9 Å². The van der Waals surface area contributed by atoms with Crippen molar-refractivity contribution in [3.8, 4) is 22.6 Å². The number of nitrogens with two attached hydrogens (primary N) is 1. The van der Waals surface area contributed by atoms with Crippen LogP contribution < -0.4 is 10.5 Å². The number of halogens is 1. The van der Waals surface area contributed by atoms with Gasteiger partial charge in [-0.1, -0.05) is 0 Å². The molecule has 0 radical (unpaired) electrons. The van der Waals surface area contributed by atoms with Gasteiger partial charge < -0.3 is 15.6 Å². The fourth-order valence-electron chi connectivity index (χ4n) is 1.41. The minimum absolute atomic E-state index is 0.0515. The van der Waals surface area contributed by atoms with Crippen molar-refractivity contribution in [1.29, 1.82) is 0 Å². The van der Waals surface area contributed by atoms with Gasteiger partial charge in [0, 0.05) is 5.56 Å². The Balaban J connectivity index is 2.59. The van der Waals surface area contributed by atoms with Gasteiger partial charge >= 0.3 is 0 Å². The summed E-state index contributed by atoms with van der Waals surface area (Å²) in [6.45, 7) is 0. The Hall–Kier alpha value is -2.24. The van der Waals surface area contributed by atoms with Crippen molar-refractivity contribution in [3.05, 3.63) is 24.1 Å². The number of aromatic amines is 1. The Kier molecular flexibility index (Phi) is 2.40. The highest BCUT2D eigenvalue weighted by molar-refractivity contribution is 5.75. The molecule has 0 saturated heterocycles. The lowest BCUT2D eigenvalue weighted by Crippen LogP contribution is -1.91. The quantitative estimate of drug-likeness (QED) is 0.720. The fraction of sp³-hybridized carbons (Fsp3) is 0.100. The predicted molar refractivity (Wildman–Crippen MR) is 56.6 cm³/mol. The topological polar surface area (TPSA) is 84.2 Å². The number of anilines is 1. The van der Waals surface area contributed by atoms with Crippen molar-refractivity contribution in [2.75, 3.05) is 12.8 Å². The van der Waals surface area contributed by atoms with Gasteiger partial charge in [0.25, 0.3) is 0 Å². The van der Waals surface area contributed by atoms with Crippen LogP contribution >= 0.6 is 0 Å². The van der Waals surface area contributed by atoms with Crippen LogP contribution in [0.4, 0.5) is 10.2 Å². The van der Waals surface area contributed by atoms with E-state index in [1.54, 1.807) is 0 Å². The minimum atomic E-state index is -0.769. The molecule has 5 nitrogen and oxygen atoms in total. The standard InChI is InChI=1S/C10H10FN3O2/c1-16-8-3-5(2-7(11)9(8)15)6-4-13-14-10(6)12/h2-4,15H,1H3,(H3,12,13,14). The minimum Gasteiger partial charge on any atom is -0.502 e. The monoisotopic (exact) mass is 223 g/mol. The molecule has 0 aliphatic rings. The summed E-state index contributed by atoms with van der Waals surface area (Å²) < 4.78 is 18.2. The number of rotatable bonds is 2. The molecule has 0 atom stereocenters.